The van der Waals surface area contributed by atoms with Gasteiger partial charge < -0.3 is 23.4 Å². The van der Waals surface area contributed by atoms with Crippen LogP contribution in [0.2, 0.25) is 0 Å². The maximum atomic E-state index is 13.9. The maximum Gasteiger partial charge on any atom is 0.450 e. The summed E-state index contributed by atoms with van der Waals surface area (Å²) < 4.78 is 68.0. The molecule has 0 bridgehead atoms. The van der Waals surface area contributed by atoms with Gasteiger partial charge in [-0.05, 0) is 43.7 Å². The zero-order valence-electron chi connectivity index (χ0n) is 17.7. The van der Waals surface area contributed by atoms with E-state index in [-0.39, 0.29) is 41.2 Å². The van der Waals surface area contributed by atoms with Crippen LogP contribution >= 0.6 is 0 Å². The second kappa shape index (κ2) is 8.68. The van der Waals surface area contributed by atoms with Crippen LogP contribution in [0, 0.1) is 0 Å². The standard InChI is InChI=1S/C23H19F3O7/c1-3-29-22(28)12(2)32-14-5-6-15-17(11-14)33-21(23(24,25)26)19(20(15)27)13-4-7-16-18(10-13)31-9-8-30-16/h4-7,10-12H,3,8-9H2,1-2H3. The Bertz CT molecular complexity index is 1260. The number of fused-ring (bicyclic) bond motifs is 2. The molecule has 1 aliphatic heterocycles. The molecule has 174 valence electrons. The molecule has 33 heavy (non-hydrogen) atoms. The highest BCUT2D eigenvalue weighted by Crippen LogP contribution is 2.40. The first-order chi connectivity index (χ1) is 15.7. The van der Waals surface area contributed by atoms with Gasteiger partial charge in [0.25, 0.3) is 0 Å². The molecular weight excluding hydrogens is 445 g/mol. The van der Waals surface area contributed by atoms with Gasteiger partial charge in [-0.1, -0.05) is 6.07 Å². The number of hydrogen-bond acceptors (Lipinski definition) is 7. The molecule has 4 rings (SSSR count). The molecule has 0 aliphatic carbocycles. The van der Waals surface area contributed by atoms with E-state index in [2.05, 4.69) is 0 Å². The lowest BCUT2D eigenvalue weighted by molar-refractivity contribution is -0.152. The van der Waals surface area contributed by atoms with Crippen LogP contribution in [-0.4, -0.2) is 31.9 Å². The minimum Gasteiger partial charge on any atom is -0.486 e. The maximum absolute atomic E-state index is 13.9. The van der Waals surface area contributed by atoms with Crippen molar-refractivity contribution in [2.24, 2.45) is 0 Å². The Balaban J connectivity index is 1.82. The summed E-state index contributed by atoms with van der Waals surface area (Å²) in [5.74, 6) is -1.42. The SMILES string of the molecule is CCOC(=O)C(C)Oc1ccc2c(=O)c(-c3ccc4c(c3)OCCO4)c(C(F)(F)F)oc2c1. The third-order valence-electron chi connectivity index (χ3n) is 4.88. The molecule has 10 heteroatoms. The molecule has 0 spiro atoms. The number of rotatable bonds is 5. The third kappa shape index (κ3) is 4.46. The summed E-state index contributed by atoms with van der Waals surface area (Å²) in [7, 11) is 0. The molecule has 7 nitrogen and oxygen atoms in total. The van der Waals surface area contributed by atoms with Crippen LogP contribution < -0.4 is 19.6 Å². The Kier molecular flexibility index (Phi) is 5.92. The molecule has 0 N–H and O–H groups in total. The minimum atomic E-state index is -4.95. The van der Waals surface area contributed by atoms with Crippen molar-refractivity contribution < 1.29 is 41.3 Å². The van der Waals surface area contributed by atoms with Crippen molar-refractivity contribution in [3.63, 3.8) is 0 Å². The van der Waals surface area contributed by atoms with Crippen molar-refractivity contribution in [1.29, 1.82) is 0 Å². The quantitative estimate of drug-likeness (QED) is 0.511. The number of carbonyl (C=O) groups excluding carboxylic acids is 1. The number of hydrogen-bond donors (Lipinski definition) is 0. The van der Waals surface area contributed by atoms with Crippen LogP contribution in [0.15, 0.2) is 45.6 Å². The van der Waals surface area contributed by atoms with E-state index >= 15 is 0 Å². The zero-order chi connectivity index (χ0) is 23.8. The first-order valence-electron chi connectivity index (χ1n) is 10.1. The molecule has 2 aromatic carbocycles. The molecule has 2 heterocycles. The van der Waals surface area contributed by atoms with Crippen LogP contribution in [0.5, 0.6) is 17.2 Å². The minimum absolute atomic E-state index is 0.0153. The molecule has 1 aliphatic rings. The molecule has 0 radical (unpaired) electrons. The van der Waals surface area contributed by atoms with Gasteiger partial charge in [-0.25, -0.2) is 4.79 Å². The second-order valence-electron chi connectivity index (χ2n) is 7.16. The monoisotopic (exact) mass is 464 g/mol. The van der Waals surface area contributed by atoms with Gasteiger partial charge in [0.1, 0.15) is 24.5 Å². The second-order valence-corrected chi connectivity index (χ2v) is 7.16. The van der Waals surface area contributed by atoms with Gasteiger partial charge in [0.05, 0.1) is 17.6 Å². The summed E-state index contributed by atoms with van der Waals surface area (Å²) in [5.41, 5.74) is -1.86. The van der Waals surface area contributed by atoms with Gasteiger partial charge >= 0.3 is 12.1 Å². The summed E-state index contributed by atoms with van der Waals surface area (Å²) in [4.78, 5) is 24.9. The summed E-state index contributed by atoms with van der Waals surface area (Å²) in [6, 6.07) is 7.90. The zero-order valence-corrected chi connectivity index (χ0v) is 17.7. The molecule has 0 saturated heterocycles. The van der Waals surface area contributed by atoms with Gasteiger partial charge in [0.2, 0.25) is 11.2 Å². The van der Waals surface area contributed by atoms with E-state index in [0.29, 0.717) is 12.4 Å². The molecule has 1 unspecified atom stereocenters. The lowest BCUT2D eigenvalue weighted by atomic mass is 10.0. The van der Waals surface area contributed by atoms with Crippen LogP contribution in [0.3, 0.4) is 0 Å². The molecule has 0 saturated carbocycles. The smallest absolute Gasteiger partial charge is 0.450 e. The van der Waals surface area contributed by atoms with Gasteiger partial charge in [-0.15, -0.1) is 0 Å². The van der Waals surface area contributed by atoms with E-state index < -0.39 is 35.0 Å². The number of carbonyl (C=O) groups is 1. The van der Waals surface area contributed by atoms with Crippen molar-refractivity contribution in [3.05, 3.63) is 52.4 Å². The topological polar surface area (TPSA) is 84.2 Å². The van der Waals surface area contributed by atoms with Gasteiger partial charge in [-0.2, -0.15) is 13.2 Å². The molecule has 3 aromatic rings. The first kappa shape index (κ1) is 22.5. The lowest BCUT2D eigenvalue weighted by Gasteiger charge is -2.19. The van der Waals surface area contributed by atoms with Crippen LogP contribution in [0.4, 0.5) is 13.2 Å². The number of halogens is 3. The van der Waals surface area contributed by atoms with Crippen molar-refractivity contribution >= 4 is 16.9 Å². The summed E-state index contributed by atoms with van der Waals surface area (Å²) in [6.45, 7) is 3.77. The average molecular weight is 464 g/mol. The van der Waals surface area contributed by atoms with E-state index in [0.717, 1.165) is 6.07 Å². The number of esters is 1. The Morgan fingerprint density at radius 2 is 1.82 bits per heavy atom. The van der Waals surface area contributed by atoms with Gasteiger partial charge in [0.15, 0.2) is 17.6 Å². The van der Waals surface area contributed by atoms with E-state index in [1.165, 1.54) is 37.3 Å². The van der Waals surface area contributed by atoms with Crippen molar-refractivity contribution in [1.82, 2.24) is 0 Å². The summed E-state index contributed by atoms with van der Waals surface area (Å²) in [5, 5.41) is -0.0796. The molecule has 0 amide bonds. The van der Waals surface area contributed by atoms with Crippen LogP contribution in [-0.2, 0) is 15.7 Å². The first-order valence-corrected chi connectivity index (χ1v) is 10.1. The van der Waals surface area contributed by atoms with E-state index in [1.807, 2.05) is 0 Å². The largest absolute Gasteiger partial charge is 0.486 e. The van der Waals surface area contributed by atoms with E-state index in [1.54, 1.807) is 6.92 Å². The fourth-order valence-corrected chi connectivity index (χ4v) is 3.42. The number of ether oxygens (including phenoxy) is 4. The fraction of sp³-hybridized carbons (Fsp3) is 0.304. The highest BCUT2D eigenvalue weighted by Gasteiger charge is 2.39. The Hall–Kier alpha value is -3.69. The number of alkyl halides is 3. The van der Waals surface area contributed by atoms with Gasteiger partial charge in [0, 0.05) is 6.07 Å². The average Bonchev–Trinajstić information content (AvgIpc) is 2.78. The predicted octanol–water partition coefficient (Wildman–Crippen LogP) is 4.58. The summed E-state index contributed by atoms with van der Waals surface area (Å²) >= 11 is 0. The molecular formula is C23H19F3O7. The molecule has 1 atom stereocenters. The number of benzene rings is 2. The van der Waals surface area contributed by atoms with Crippen LogP contribution in [0.25, 0.3) is 22.1 Å². The lowest BCUT2D eigenvalue weighted by Crippen LogP contribution is -2.26. The molecule has 1 aromatic heterocycles. The third-order valence-corrected chi connectivity index (χ3v) is 4.88. The van der Waals surface area contributed by atoms with Crippen molar-refractivity contribution in [2.45, 2.75) is 26.1 Å². The highest BCUT2D eigenvalue weighted by molar-refractivity contribution is 5.84. The van der Waals surface area contributed by atoms with E-state index in [4.69, 9.17) is 23.4 Å². The predicted molar refractivity (Wildman–Crippen MR) is 111 cm³/mol. The van der Waals surface area contributed by atoms with Crippen LogP contribution in [0.1, 0.15) is 19.6 Å². The fourth-order valence-electron chi connectivity index (χ4n) is 3.42. The van der Waals surface area contributed by atoms with Gasteiger partial charge in [-0.3, -0.25) is 4.79 Å². The van der Waals surface area contributed by atoms with Crippen molar-refractivity contribution in [2.75, 3.05) is 19.8 Å². The Morgan fingerprint density at radius 1 is 1.09 bits per heavy atom. The Morgan fingerprint density at radius 3 is 2.52 bits per heavy atom. The normalized spacial score (nSPS) is 14.1. The highest BCUT2D eigenvalue weighted by atomic mass is 19.4. The summed E-state index contributed by atoms with van der Waals surface area (Å²) in [6.07, 6.45) is -5.96. The van der Waals surface area contributed by atoms with E-state index in [9.17, 15) is 22.8 Å². The Labute approximate surface area is 185 Å². The molecule has 0 fully saturated rings. The van der Waals surface area contributed by atoms with Crippen molar-refractivity contribution in [3.8, 4) is 28.4 Å².